The van der Waals surface area contributed by atoms with Crippen molar-refractivity contribution in [3.8, 4) is 5.69 Å². The van der Waals surface area contributed by atoms with E-state index in [0.717, 1.165) is 36.7 Å². The molecule has 1 aromatic carbocycles. The number of nitrogens with one attached hydrogen (secondary N) is 1. The lowest BCUT2D eigenvalue weighted by Crippen LogP contribution is -2.36. The molecule has 0 saturated carbocycles. The monoisotopic (exact) mass is 358 g/mol. The molecule has 3 heterocycles. The van der Waals surface area contributed by atoms with Gasteiger partial charge in [0.15, 0.2) is 11.6 Å². The van der Waals surface area contributed by atoms with Crippen LogP contribution in [0, 0.1) is 11.6 Å². The first-order valence-electron chi connectivity index (χ1n) is 8.12. The second-order valence-electron chi connectivity index (χ2n) is 5.74. The van der Waals surface area contributed by atoms with Gasteiger partial charge < -0.3 is 15.0 Å². The van der Waals surface area contributed by atoms with Crippen LogP contribution in [0.15, 0.2) is 42.9 Å². The van der Waals surface area contributed by atoms with Gasteiger partial charge in [-0.1, -0.05) is 0 Å². The summed E-state index contributed by atoms with van der Waals surface area (Å²) >= 11 is 0. The van der Waals surface area contributed by atoms with E-state index in [0.29, 0.717) is 24.8 Å². The van der Waals surface area contributed by atoms with Crippen LogP contribution >= 0.6 is 0 Å². The Morgan fingerprint density at radius 3 is 2.65 bits per heavy atom. The molecule has 7 nitrogen and oxygen atoms in total. The van der Waals surface area contributed by atoms with E-state index in [1.54, 1.807) is 6.20 Å². The number of ether oxygens (including phenoxy) is 1. The Kier molecular flexibility index (Phi) is 4.44. The normalized spacial score (nSPS) is 14.5. The lowest BCUT2D eigenvalue weighted by atomic mass is 10.3. The third-order valence-corrected chi connectivity index (χ3v) is 4.00. The zero-order chi connectivity index (χ0) is 17.9. The van der Waals surface area contributed by atoms with Crippen LogP contribution < -0.4 is 10.2 Å². The predicted octanol–water partition coefficient (Wildman–Crippen LogP) is 2.52. The molecule has 0 atom stereocenters. The van der Waals surface area contributed by atoms with Gasteiger partial charge in [0.1, 0.15) is 12.1 Å². The molecule has 3 aromatic rings. The van der Waals surface area contributed by atoms with Crippen molar-refractivity contribution >= 4 is 17.5 Å². The average Bonchev–Trinajstić information content (AvgIpc) is 3.13. The van der Waals surface area contributed by atoms with Gasteiger partial charge in [-0.3, -0.25) is 0 Å². The van der Waals surface area contributed by atoms with Gasteiger partial charge in [0.05, 0.1) is 18.9 Å². The molecule has 1 aliphatic heterocycles. The van der Waals surface area contributed by atoms with Crippen LogP contribution in [-0.4, -0.2) is 46.1 Å². The van der Waals surface area contributed by atoms with Crippen molar-refractivity contribution in [1.29, 1.82) is 0 Å². The van der Waals surface area contributed by atoms with Crippen molar-refractivity contribution in [2.45, 2.75) is 0 Å². The quantitative estimate of drug-likeness (QED) is 0.773. The highest BCUT2D eigenvalue weighted by molar-refractivity contribution is 5.58. The van der Waals surface area contributed by atoms with Crippen molar-refractivity contribution in [2.75, 3.05) is 36.5 Å². The highest BCUT2D eigenvalue weighted by Crippen LogP contribution is 2.20. The Bertz CT molecular complexity index is 910. The lowest BCUT2D eigenvalue weighted by Gasteiger charge is -2.27. The molecule has 0 amide bonds. The van der Waals surface area contributed by atoms with E-state index in [1.165, 1.54) is 17.1 Å². The van der Waals surface area contributed by atoms with Gasteiger partial charge in [-0.25, -0.2) is 18.4 Å². The summed E-state index contributed by atoms with van der Waals surface area (Å²) in [5.74, 6) is -0.649. The summed E-state index contributed by atoms with van der Waals surface area (Å²) in [6.45, 7) is 2.94. The van der Waals surface area contributed by atoms with Gasteiger partial charge in [0, 0.05) is 37.1 Å². The Hall–Kier alpha value is -3.07. The molecule has 2 aromatic heterocycles. The first-order valence-corrected chi connectivity index (χ1v) is 8.12. The third kappa shape index (κ3) is 3.47. The van der Waals surface area contributed by atoms with Crippen LogP contribution in [-0.2, 0) is 4.74 Å². The summed E-state index contributed by atoms with van der Waals surface area (Å²) in [6.07, 6.45) is 3.14. The molecule has 1 aliphatic rings. The van der Waals surface area contributed by atoms with E-state index in [-0.39, 0.29) is 0 Å². The van der Waals surface area contributed by atoms with Gasteiger partial charge in [-0.15, -0.1) is 5.10 Å². The Labute approximate surface area is 148 Å². The molecular formula is C17H16F2N6O. The second kappa shape index (κ2) is 7.04. The van der Waals surface area contributed by atoms with Crippen molar-refractivity contribution in [3.05, 3.63) is 54.5 Å². The number of hydrogen-bond acceptors (Lipinski definition) is 6. The van der Waals surface area contributed by atoms with E-state index in [9.17, 15) is 8.78 Å². The van der Waals surface area contributed by atoms with Crippen molar-refractivity contribution in [2.24, 2.45) is 0 Å². The minimum absolute atomic E-state index is 0.342. The molecule has 0 aliphatic carbocycles. The van der Waals surface area contributed by atoms with E-state index < -0.39 is 11.6 Å². The zero-order valence-corrected chi connectivity index (χ0v) is 13.8. The van der Waals surface area contributed by atoms with Crippen LogP contribution in [0.5, 0.6) is 0 Å². The molecule has 0 spiro atoms. The summed E-state index contributed by atoms with van der Waals surface area (Å²) in [4.78, 5) is 10.7. The summed E-state index contributed by atoms with van der Waals surface area (Å²) in [7, 11) is 0. The van der Waals surface area contributed by atoms with E-state index in [1.807, 2.05) is 12.1 Å². The highest BCUT2D eigenvalue weighted by Gasteiger charge is 2.13. The Morgan fingerprint density at radius 2 is 1.85 bits per heavy atom. The van der Waals surface area contributed by atoms with Crippen molar-refractivity contribution < 1.29 is 13.5 Å². The fourth-order valence-electron chi connectivity index (χ4n) is 2.66. The molecule has 9 heteroatoms. The number of rotatable bonds is 4. The summed E-state index contributed by atoms with van der Waals surface area (Å²) in [6, 6.07) is 7.26. The molecule has 134 valence electrons. The molecule has 1 saturated heterocycles. The maximum absolute atomic E-state index is 13.4. The first-order chi connectivity index (χ1) is 12.7. The van der Waals surface area contributed by atoms with Crippen LogP contribution in [0.2, 0.25) is 0 Å². The van der Waals surface area contributed by atoms with Crippen molar-refractivity contribution in [3.63, 3.8) is 0 Å². The summed E-state index contributed by atoms with van der Waals surface area (Å²) < 4.78 is 33.1. The Balaban J connectivity index is 1.51. The molecule has 26 heavy (non-hydrogen) atoms. The largest absolute Gasteiger partial charge is 0.378 e. The lowest BCUT2D eigenvalue weighted by molar-refractivity contribution is 0.122. The number of hydrogen-bond donors (Lipinski definition) is 1. The molecule has 0 unspecified atom stereocenters. The Morgan fingerprint density at radius 1 is 1.00 bits per heavy atom. The van der Waals surface area contributed by atoms with E-state index >= 15 is 0 Å². The fourth-order valence-corrected chi connectivity index (χ4v) is 2.66. The maximum atomic E-state index is 13.4. The SMILES string of the molecule is Fc1ccc(-n2cnc(Nc3ccnc(N4CCOCC4)c3)n2)cc1F. The minimum atomic E-state index is -0.934. The predicted molar refractivity (Wildman–Crippen MR) is 91.8 cm³/mol. The van der Waals surface area contributed by atoms with Crippen LogP contribution in [0.25, 0.3) is 5.69 Å². The molecular weight excluding hydrogens is 342 g/mol. The van der Waals surface area contributed by atoms with Gasteiger partial charge in [0.2, 0.25) is 5.95 Å². The van der Waals surface area contributed by atoms with Crippen LogP contribution in [0.1, 0.15) is 0 Å². The molecule has 0 radical (unpaired) electrons. The van der Waals surface area contributed by atoms with Crippen molar-refractivity contribution in [1.82, 2.24) is 19.7 Å². The van der Waals surface area contributed by atoms with Crippen LogP contribution in [0.4, 0.5) is 26.2 Å². The third-order valence-electron chi connectivity index (χ3n) is 4.00. The van der Waals surface area contributed by atoms with Gasteiger partial charge >= 0.3 is 0 Å². The summed E-state index contributed by atoms with van der Waals surface area (Å²) in [5.41, 5.74) is 1.16. The molecule has 1 N–H and O–H groups in total. The minimum Gasteiger partial charge on any atom is -0.378 e. The molecule has 0 bridgehead atoms. The summed E-state index contributed by atoms with van der Waals surface area (Å²) in [5, 5.41) is 7.33. The van der Waals surface area contributed by atoms with Gasteiger partial charge in [-0.2, -0.15) is 4.98 Å². The average molecular weight is 358 g/mol. The number of benzene rings is 1. The standard InChI is InChI=1S/C17H16F2N6O/c18-14-2-1-13(10-15(14)19)25-11-21-17(23-25)22-12-3-4-20-16(9-12)24-5-7-26-8-6-24/h1-4,9-11H,5-8H2,(H,20,22,23). The van der Waals surface area contributed by atoms with E-state index in [4.69, 9.17) is 4.74 Å². The van der Waals surface area contributed by atoms with Gasteiger partial charge in [-0.05, 0) is 18.2 Å². The number of morpholine rings is 1. The number of anilines is 3. The molecule has 1 fully saturated rings. The highest BCUT2D eigenvalue weighted by atomic mass is 19.2. The molecule has 4 rings (SSSR count). The number of pyridine rings is 1. The maximum Gasteiger partial charge on any atom is 0.246 e. The zero-order valence-electron chi connectivity index (χ0n) is 13.8. The first kappa shape index (κ1) is 16.4. The second-order valence-corrected chi connectivity index (χ2v) is 5.74. The number of halogens is 2. The van der Waals surface area contributed by atoms with Crippen LogP contribution in [0.3, 0.4) is 0 Å². The number of nitrogens with zero attached hydrogens (tertiary/aromatic N) is 5. The van der Waals surface area contributed by atoms with E-state index in [2.05, 4.69) is 25.3 Å². The number of aromatic nitrogens is 4. The fraction of sp³-hybridized carbons (Fsp3) is 0.235. The van der Waals surface area contributed by atoms with Gasteiger partial charge in [0.25, 0.3) is 0 Å². The smallest absolute Gasteiger partial charge is 0.246 e. The topological polar surface area (TPSA) is 68.1 Å².